The highest BCUT2D eigenvalue weighted by Crippen LogP contribution is 2.40. The zero-order valence-corrected chi connectivity index (χ0v) is 10.4. The predicted molar refractivity (Wildman–Crippen MR) is 64.1 cm³/mol. The summed E-state index contributed by atoms with van der Waals surface area (Å²) in [6.45, 7) is 6.98. The number of hydrogen-bond acceptors (Lipinski definition) is 0. The molecule has 0 bridgehead atoms. The van der Waals surface area contributed by atoms with E-state index in [2.05, 4.69) is 42.2 Å². The fourth-order valence-electron chi connectivity index (χ4n) is 2.11. The van der Waals surface area contributed by atoms with E-state index in [-0.39, 0.29) is 0 Å². The van der Waals surface area contributed by atoms with E-state index in [1.807, 2.05) is 0 Å². The third-order valence-electron chi connectivity index (χ3n) is 3.21. The first-order chi connectivity index (χ1) is 6.06. The van der Waals surface area contributed by atoms with Crippen LogP contribution in [0.3, 0.4) is 0 Å². The van der Waals surface area contributed by atoms with Crippen LogP contribution in [-0.4, -0.2) is 5.16 Å². The first kappa shape index (κ1) is 11.2. The van der Waals surface area contributed by atoms with Crippen molar-refractivity contribution in [2.24, 2.45) is 11.8 Å². The average Bonchev–Trinajstić information content (AvgIpc) is 2.49. The van der Waals surface area contributed by atoms with E-state index >= 15 is 0 Å². The molecule has 0 aliphatic heterocycles. The summed E-state index contributed by atoms with van der Waals surface area (Å²) in [6, 6.07) is 0. The van der Waals surface area contributed by atoms with Crippen molar-refractivity contribution in [1.29, 1.82) is 0 Å². The minimum atomic E-state index is 0.442. The molecule has 0 spiro atoms. The lowest BCUT2D eigenvalue weighted by atomic mass is 9.87. The minimum absolute atomic E-state index is 0.442. The fraction of sp³-hybridized carbons (Fsp3) is 0.833. The standard InChI is InChI=1S/C12H23P/c1-4-5-8-12(3,13)11-7-6-10(2)9-11/h6-7,10-11H,4-5,8-9,13H2,1-3H3. The molecule has 0 aromatic heterocycles. The van der Waals surface area contributed by atoms with Crippen molar-refractivity contribution < 1.29 is 0 Å². The molecular weight excluding hydrogens is 175 g/mol. The molecule has 0 N–H and O–H groups in total. The lowest BCUT2D eigenvalue weighted by molar-refractivity contribution is 0.403. The fourth-order valence-corrected chi connectivity index (χ4v) is 2.56. The summed E-state index contributed by atoms with van der Waals surface area (Å²) in [5, 5.41) is 0.442. The summed E-state index contributed by atoms with van der Waals surface area (Å²) in [7, 11) is 3.08. The molecule has 0 heterocycles. The number of hydrogen-bond donors (Lipinski definition) is 0. The molecule has 0 radical (unpaired) electrons. The number of allylic oxidation sites excluding steroid dienone is 2. The van der Waals surface area contributed by atoms with Gasteiger partial charge in [-0.25, -0.2) is 0 Å². The Bertz CT molecular complexity index is 182. The Morgan fingerprint density at radius 3 is 2.62 bits per heavy atom. The second-order valence-electron chi connectivity index (χ2n) is 4.81. The van der Waals surface area contributed by atoms with E-state index in [1.165, 1.54) is 25.7 Å². The van der Waals surface area contributed by atoms with Gasteiger partial charge < -0.3 is 0 Å². The van der Waals surface area contributed by atoms with E-state index in [0.717, 1.165) is 11.8 Å². The van der Waals surface area contributed by atoms with Gasteiger partial charge in [-0.1, -0.05) is 45.8 Å². The SMILES string of the molecule is CCCCC(C)(P)C1C=CC(C)C1. The van der Waals surface area contributed by atoms with Crippen LogP contribution in [0.1, 0.15) is 46.5 Å². The van der Waals surface area contributed by atoms with Crippen LogP contribution in [-0.2, 0) is 0 Å². The summed E-state index contributed by atoms with van der Waals surface area (Å²) in [5.74, 6) is 1.59. The molecule has 76 valence electrons. The van der Waals surface area contributed by atoms with Gasteiger partial charge in [0.15, 0.2) is 0 Å². The van der Waals surface area contributed by atoms with Gasteiger partial charge in [0.25, 0.3) is 0 Å². The minimum Gasteiger partial charge on any atom is -0.131 e. The summed E-state index contributed by atoms with van der Waals surface area (Å²) in [5.41, 5.74) is 0. The van der Waals surface area contributed by atoms with Gasteiger partial charge in [0, 0.05) is 0 Å². The summed E-state index contributed by atoms with van der Waals surface area (Å²) < 4.78 is 0. The van der Waals surface area contributed by atoms with Crippen molar-refractivity contribution in [2.45, 2.75) is 51.6 Å². The van der Waals surface area contributed by atoms with Crippen LogP contribution >= 0.6 is 9.24 Å². The average molecular weight is 198 g/mol. The largest absolute Gasteiger partial charge is 0.131 e. The normalized spacial score (nSPS) is 32.0. The molecule has 0 nitrogen and oxygen atoms in total. The molecule has 1 aliphatic carbocycles. The molecule has 0 saturated carbocycles. The van der Waals surface area contributed by atoms with E-state index in [4.69, 9.17) is 0 Å². The Labute approximate surface area is 85.4 Å². The van der Waals surface area contributed by atoms with Crippen molar-refractivity contribution in [3.8, 4) is 0 Å². The Balaban J connectivity index is 2.45. The van der Waals surface area contributed by atoms with Crippen molar-refractivity contribution in [2.75, 3.05) is 0 Å². The molecule has 0 aromatic rings. The maximum Gasteiger partial charge on any atom is -0.0116 e. The van der Waals surface area contributed by atoms with Gasteiger partial charge in [-0.3, -0.25) is 0 Å². The molecule has 4 unspecified atom stereocenters. The van der Waals surface area contributed by atoms with E-state index in [9.17, 15) is 0 Å². The van der Waals surface area contributed by atoms with Crippen LogP contribution in [0.2, 0.25) is 0 Å². The Kier molecular flexibility index (Phi) is 3.98. The molecule has 13 heavy (non-hydrogen) atoms. The van der Waals surface area contributed by atoms with Crippen molar-refractivity contribution in [1.82, 2.24) is 0 Å². The summed E-state index contributed by atoms with van der Waals surface area (Å²) in [6.07, 6.45) is 10.2. The van der Waals surface area contributed by atoms with Gasteiger partial charge in [-0.2, -0.15) is 0 Å². The highest BCUT2D eigenvalue weighted by molar-refractivity contribution is 7.19. The van der Waals surface area contributed by atoms with Crippen molar-refractivity contribution in [3.63, 3.8) is 0 Å². The zero-order chi connectivity index (χ0) is 9.90. The van der Waals surface area contributed by atoms with Crippen molar-refractivity contribution in [3.05, 3.63) is 12.2 Å². The van der Waals surface area contributed by atoms with Crippen LogP contribution in [0.25, 0.3) is 0 Å². The molecule has 1 aliphatic rings. The van der Waals surface area contributed by atoms with Gasteiger partial charge in [0.2, 0.25) is 0 Å². The molecule has 0 amide bonds. The van der Waals surface area contributed by atoms with E-state index in [0.29, 0.717) is 5.16 Å². The zero-order valence-electron chi connectivity index (χ0n) is 9.22. The third-order valence-corrected chi connectivity index (χ3v) is 3.93. The first-order valence-corrected chi connectivity index (χ1v) is 6.11. The maximum absolute atomic E-state index is 3.08. The van der Waals surface area contributed by atoms with E-state index in [1.54, 1.807) is 0 Å². The molecule has 0 aromatic carbocycles. The van der Waals surface area contributed by atoms with Gasteiger partial charge in [-0.15, -0.1) is 9.24 Å². The van der Waals surface area contributed by atoms with Crippen LogP contribution < -0.4 is 0 Å². The van der Waals surface area contributed by atoms with Gasteiger partial charge >= 0.3 is 0 Å². The van der Waals surface area contributed by atoms with Gasteiger partial charge in [0.05, 0.1) is 0 Å². The van der Waals surface area contributed by atoms with Crippen molar-refractivity contribution >= 4 is 9.24 Å². The van der Waals surface area contributed by atoms with Crippen LogP contribution in [0.15, 0.2) is 12.2 Å². The Morgan fingerprint density at radius 2 is 2.15 bits per heavy atom. The molecule has 0 fully saturated rings. The molecule has 1 heteroatoms. The summed E-state index contributed by atoms with van der Waals surface area (Å²) >= 11 is 0. The third kappa shape index (κ3) is 3.09. The Morgan fingerprint density at radius 1 is 1.46 bits per heavy atom. The first-order valence-electron chi connectivity index (χ1n) is 5.53. The molecule has 1 rings (SSSR count). The van der Waals surface area contributed by atoms with E-state index < -0.39 is 0 Å². The second kappa shape index (κ2) is 4.60. The van der Waals surface area contributed by atoms with Crippen LogP contribution in [0.4, 0.5) is 0 Å². The lowest BCUT2D eigenvalue weighted by Gasteiger charge is -2.30. The van der Waals surface area contributed by atoms with Gasteiger partial charge in [-0.05, 0) is 29.8 Å². The highest BCUT2D eigenvalue weighted by atomic mass is 31.0. The topological polar surface area (TPSA) is 0 Å². The Hall–Kier alpha value is 0.170. The quantitative estimate of drug-likeness (QED) is 0.472. The monoisotopic (exact) mass is 198 g/mol. The number of unbranched alkanes of at least 4 members (excludes halogenated alkanes) is 1. The smallest absolute Gasteiger partial charge is 0.0116 e. The number of rotatable bonds is 4. The molecule has 4 atom stereocenters. The van der Waals surface area contributed by atoms with Crippen LogP contribution in [0, 0.1) is 11.8 Å². The molecule has 0 saturated heterocycles. The summed E-state index contributed by atoms with van der Waals surface area (Å²) in [4.78, 5) is 0. The molecular formula is C12H23P. The highest BCUT2D eigenvalue weighted by Gasteiger charge is 2.30. The second-order valence-corrected chi connectivity index (χ2v) is 6.13. The lowest BCUT2D eigenvalue weighted by Crippen LogP contribution is -2.25. The predicted octanol–water partition coefficient (Wildman–Crippen LogP) is 4.02. The van der Waals surface area contributed by atoms with Crippen LogP contribution in [0.5, 0.6) is 0 Å². The maximum atomic E-state index is 3.08. The van der Waals surface area contributed by atoms with Gasteiger partial charge in [0.1, 0.15) is 0 Å².